The van der Waals surface area contributed by atoms with Crippen molar-refractivity contribution in [2.75, 3.05) is 38.3 Å². The fraction of sp³-hybridized carbons (Fsp3) is 0.632. The Bertz CT molecular complexity index is 651. The van der Waals surface area contributed by atoms with Crippen LogP contribution in [0.5, 0.6) is 0 Å². The van der Waals surface area contributed by atoms with Gasteiger partial charge in [0, 0.05) is 38.4 Å². The van der Waals surface area contributed by atoms with Crippen molar-refractivity contribution in [3.63, 3.8) is 0 Å². The molecular formula is C19H27F3N4O. The third kappa shape index (κ3) is 5.28. The highest BCUT2D eigenvalue weighted by atomic mass is 19.4. The largest absolute Gasteiger partial charge is 0.416 e. The molecule has 0 amide bonds. The molecule has 3 rings (SSSR count). The number of hydrogen-bond donors (Lipinski definition) is 2. The van der Waals surface area contributed by atoms with Crippen LogP contribution < -0.4 is 15.5 Å². The van der Waals surface area contributed by atoms with E-state index in [0.717, 1.165) is 12.8 Å². The number of guanidine groups is 1. The van der Waals surface area contributed by atoms with E-state index in [2.05, 4.69) is 15.6 Å². The number of hydrogen-bond acceptors (Lipinski definition) is 3. The Balaban J connectivity index is 1.71. The molecule has 0 radical (unpaired) electrons. The van der Waals surface area contributed by atoms with E-state index in [4.69, 9.17) is 4.74 Å². The average Bonchev–Trinajstić information content (AvgIpc) is 3.18. The van der Waals surface area contributed by atoms with E-state index in [1.54, 1.807) is 19.2 Å². The molecule has 150 valence electrons. The van der Waals surface area contributed by atoms with Crippen molar-refractivity contribution in [2.24, 2.45) is 4.99 Å². The summed E-state index contributed by atoms with van der Waals surface area (Å²) in [5, 5.41) is 6.32. The Kier molecular flexibility index (Phi) is 6.46. The van der Waals surface area contributed by atoms with Crippen molar-refractivity contribution in [1.29, 1.82) is 0 Å². The summed E-state index contributed by atoms with van der Waals surface area (Å²) in [4.78, 5) is 6.07. The zero-order chi connectivity index (χ0) is 19.3. The van der Waals surface area contributed by atoms with Crippen LogP contribution in [-0.2, 0) is 17.5 Å². The van der Waals surface area contributed by atoms with E-state index in [1.165, 1.54) is 18.9 Å². The summed E-state index contributed by atoms with van der Waals surface area (Å²) < 4.78 is 46.1. The maximum atomic E-state index is 13.6. The monoisotopic (exact) mass is 384 g/mol. The van der Waals surface area contributed by atoms with Gasteiger partial charge < -0.3 is 20.3 Å². The van der Waals surface area contributed by atoms with Gasteiger partial charge in [-0.1, -0.05) is 18.9 Å². The SMILES string of the molecule is CN=C(NCc1ccc(N2CCOCC2)cc1C(F)(F)F)NC1CCCC1. The summed E-state index contributed by atoms with van der Waals surface area (Å²) in [5.41, 5.74) is 0.201. The maximum absolute atomic E-state index is 13.6. The lowest BCUT2D eigenvalue weighted by Crippen LogP contribution is -2.42. The van der Waals surface area contributed by atoms with Gasteiger partial charge in [-0.2, -0.15) is 13.2 Å². The Morgan fingerprint density at radius 2 is 1.93 bits per heavy atom. The predicted molar refractivity (Wildman–Crippen MR) is 100 cm³/mol. The van der Waals surface area contributed by atoms with E-state index in [-0.39, 0.29) is 12.1 Å². The van der Waals surface area contributed by atoms with E-state index in [0.29, 0.717) is 44.0 Å². The summed E-state index contributed by atoms with van der Waals surface area (Å²) in [6.45, 7) is 2.35. The highest BCUT2D eigenvalue weighted by molar-refractivity contribution is 5.80. The van der Waals surface area contributed by atoms with Crippen LogP contribution in [-0.4, -0.2) is 45.4 Å². The quantitative estimate of drug-likeness (QED) is 0.619. The molecule has 0 aromatic heterocycles. The Hall–Kier alpha value is -1.96. The van der Waals surface area contributed by atoms with Crippen molar-refractivity contribution < 1.29 is 17.9 Å². The number of nitrogens with one attached hydrogen (secondary N) is 2. The third-order valence-electron chi connectivity index (χ3n) is 5.14. The third-order valence-corrected chi connectivity index (χ3v) is 5.14. The van der Waals surface area contributed by atoms with Crippen molar-refractivity contribution >= 4 is 11.6 Å². The second-order valence-electron chi connectivity index (χ2n) is 6.99. The van der Waals surface area contributed by atoms with Gasteiger partial charge in [-0.05, 0) is 30.5 Å². The molecule has 1 saturated carbocycles. The van der Waals surface area contributed by atoms with Crippen LogP contribution in [0.2, 0.25) is 0 Å². The zero-order valence-electron chi connectivity index (χ0n) is 15.6. The molecule has 1 saturated heterocycles. The summed E-state index contributed by atoms with van der Waals surface area (Å²) in [5.74, 6) is 0.548. The normalized spacial score (nSPS) is 19.4. The number of nitrogens with zero attached hydrogens (tertiary/aromatic N) is 2. The number of alkyl halides is 3. The molecule has 0 bridgehead atoms. The number of rotatable bonds is 4. The molecule has 0 unspecified atom stereocenters. The number of aliphatic imine (C=N–C) groups is 1. The number of anilines is 1. The van der Waals surface area contributed by atoms with Crippen LogP contribution in [0.1, 0.15) is 36.8 Å². The number of halogens is 3. The van der Waals surface area contributed by atoms with Gasteiger partial charge in [-0.3, -0.25) is 4.99 Å². The molecule has 1 heterocycles. The fourth-order valence-electron chi connectivity index (χ4n) is 3.64. The second-order valence-corrected chi connectivity index (χ2v) is 6.99. The van der Waals surface area contributed by atoms with Crippen LogP contribution in [0.3, 0.4) is 0 Å². The van der Waals surface area contributed by atoms with Gasteiger partial charge in [0.05, 0.1) is 18.8 Å². The van der Waals surface area contributed by atoms with Gasteiger partial charge in [0.2, 0.25) is 0 Å². The number of benzene rings is 1. The number of morpholine rings is 1. The van der Waals surface area contributed by atoms with Crippen LogP contribution in [0.15, 0.2) is 23.2 Å². The van der Waals surface area contributed by atoms with Crippen LogP contribution in [0.25, 0.3) is 0 Å². The van der Waals surface area contributed by atoms with E-state index in [1.807, 2.05) is 4.90 Å². The standard InChI is InChI=1S/C19H27F3N4O/c1-23-18(25-15-4-2-3-5-15)24-13-14-6-7-16(12-17(14)19(20,21)22)26-8-10-27-11-9-26/h6-7,12,15H,2-5,8-11,13H2,1H3,(H2,23,24,25). The number of ether oxygens (including phenoxy) is 1. The molecule has 1 aliphatic heterocycles. The molecule has 2 fully saturated rings. The lowest BCUT2D eigenvalue weighted by Gasteiger charge is -2.30. The van der Waals surface area contributed by atoms with Gasteiger partial charge in [-0.15, -0.1) is 0 Å². The summed E-state index contributed by atoms with van der Waals surface area (Å²) >= 11 is 0. The summed E-state index contributed by atoms with van der Waals surface area (Å²) in [7, 11) is 1.64. The highest BCUT2D eigenvalue weighted by Gasteiger charge is 2.34. The van der Waals surface area contributed by atoms with Gasteiger partial charge in [0.15, 0.2) is 5.96 Å². The molecule has 5 nitrogen and oxygen atoms in total. The maximum Gasteiger partial charge on any atom is 0.416 e. The highest BCUT2D eigenvalue weighted by Crippen LogP contribution is 2.35. The molecule has 1 aromatic rings. The van der Waals surface area contributed by atoms with Crippen LogP contribution >= 0.6 is 0 Å². The first-order valence-corrected chi connectivity index (χ1v) is 9.47. The first kappa shape index (κ1) is 19.8. The molecule has 2 aliphatic rings. The molecule has 27 heavy (non-hydrogen) atoms. The van der Waals surface area contributed by atoms with E-state index in [9.17, 15) is 13.2 Å². The topological polar surface area (TPSA) is 48.9 Å². The van der Waals surface area contributed by atoms with Gasteiger partial charge in [-0.25, -0.2) is 0 Å². The lowest BCUT2D eigenvalue weighted by molar-refractivity contribution is -0.138. The minimum atomic E-state index is -4.40. The van der Waals surface area contributed by atoms with Crippen molar-refractivity contribution in [3.05, 3.63) is 29.3 Å². The van der Waals surface area contributed by atoms with Crippen LogP contribution in [0.4, 0.5) is 18.9 Å². The molecule has 1 aromatic carbocycles. The average molecular weight is 384 g/mol. The molecule has 2 N–H and O–H groups in total. The molecule has 0 spiro atoms. The fourth-order valence-corrected chi connectivity index (χ4v) is 3.64. The first-order chi connectivity index (χ1) is 13.0. The minimum absolute atomic E-state index is 0.0740. The van der Waals surface area contributed by atoms with E-state index >= 15 is 0 Å². The molecule has 1 aliphatic carbocycles. The lowest BCUT2D eigenvalue weighted by atomic mass is 10.0. The van der Waals surface area contributed by atoms with Crippen LogP contribution in [0, 0.1) is 0 Å². The first-order valence-electron chi connectivity index (χ1n) is 9.47. The minimum Gasteiger partial charge on any atom is -0.378 e. The van der Waals surface area contributed by atoms with Crippen molar-refractivity contribution in [1.82, 2.24) is 10.6 Å². The summed E-state index contributed by atoms with van der Waals surface area (Å²) in [6, 6.07) is 4.91. The smallest absolute Gasteiger partial charge is 0.378 e. The Labute approximate surface area is 158 Å². The molecule has 8 heteroatoms. The molecular weight excluding hydrogens is 357 g/mol. The van der Waals surface area contributed by atoms with Crippen molar-refractivity contribution in [2.45, 2.75) is 44.4 Å². The molecule has 0 atom stereocenters. The Morgan fingerprint density at radius 1 is 1.22 bits per heavy atom. The summed E-state index contributed by atoms with van der Waals surface area (Å²) in [6.07, 6.45) is 0.0962. The zero-order valence-corrected chi connectivity index (χ0v) is 15.6. The predicted octanol–water partition coefficient (Wildman–Crippen LogP) is 3.15. The van der Waals surface area contributed by atoms with E-state index < -0.39 is 11.7 Å². The second kappa shape index (κ2) is 8.82. The Morgan fingerprint density at radius 3 is 2.56 bits per heavy atom. The van der Waals surface area contributed by atoms with Gasteiger partial charge in [0.25, 0.3) is 0 Å². The van der Waals surface area contributed by atoms with Crippen molar-refractivity contribution in [3.8, 4) is 0 Å². The van der Waals surface area contributed by atoms with Gasteiger partial charge >= 0.3 is 6.18 Å². The van der Waals surface area contributed by atoms with Gasteiger partial charge in [0.1, 0.15) is 0 Å².